The molecule has 2 rings (SSSR count). The minimum absolute atomic E-state index is 0. The zero-order valence-corrected chi connectivity index (χ0v) is 21.5. The number of nitrogens with one attached hydrogen (secondary N) is 2. The molecular weight excluding hydrogens is 527 g/mol. The molecule has 0 amide bonds. The van der Waals surface area contributed by atoms with E-state index in [9.17, 15) is 8.42 Å². The van der Waals surface area contributed by atoms with Gasteiger partial charge in [-0.05, 0) is 42.7 Å². The van der Waals surface area contributed by atoms with Crippen LogP contribution in [-0.2, 0) is 23.1 Å². The van der Waals surface area contributed by atoms with Crippen LogP contribution in [0.15, 0.2) is 52.4 Å². The molecule has 2 aromatic rings. The third kappa shape index (κ3) is 9.44. The second-order valence-corrected chi connectivity index (χ2v) is 8.70. The van der Waals surface area contributed by atoms with Crippen LogP contribution in [0.3, 0.4) is 0 Å². The average molecular weight is 561 g/mol. The van der Waals surface area contributed by atoms with Crippen molar-refractivity contribution in [1.29, 1.82) is 0 Å². The van der Waals surface area contributed by atoms with E-state index in [0.717, 1.165) is 41.7 Å². The number of aryl methyl sites for hydroxylation is 1. The van der Waals surface area contributed by atoms with Crippen LogP contribution in [0.4, 0.5) is 0 Å². The normalized spacial score (nSPS) is 11.5. The van der Waals surface area contributed by atoms with E-state index in [0.29, 0.717) is 25.7 Å². The Labute approximate surface area is 202 Å². The highest BCUT2D eigenvalue weighted by molar-refractivity contribution is 14.0. The number of hydrogen-bond acceptors (Lipinski definition) is 4. The second kappa shape index (κ2) is 13.5. The number of aliphatic imine (C=N–C) groups is 1. The highest BCUT2D eigenvalue weighted by atomic mass is 127. The SMILES string of the molecule is CCCCCOc1cc(C)ccc1CNC(=NC)NCc1cccc(S(N)(=O)=O)c1.I. The molecular formula is C22H33IN4O3S. The standard InChI is InChI=1S/C22H32N4O3S.HI/c1-4-5-6-12-29-21-13-17(2)10-11-19(21)16-26-22(24-3)25-15-18-8-7-9-20(14-18)30(23,27)28;/h7-11,13-14H,4-6,12,15-16H2,1-3H3,(H2,23,27,28)(H2,24,25,26);1H. The second-order valence-electron chi connectivity index (χ2n) is 7.14. The van der Waals surface area contributed by atoms with Crippen molar-refractivity contribution in [3.63, 3.8) is 0 Å². The molecule has 9 heteroatoms. The lowest BCUT2D eigenvalue weighted by Crippen LogP contribution is -2.36. The maximum absolute atomic E-state index is 11.5. The molecule has 31 heavy (non-hydrogen) atoms. The first-order valence-electron chi connectivity index (χ1n) is 10.1. The third-order valence-electron chi connectivity index (χ3n) is 4.58. The van der Waals surface area contributed by atoms with Gasteiger partial charge in [-0.3, -0.25) is 4.99 Å². The van der Waals surface area contributed by atoms with Gasteiger partial charge in [-0.1, -0.05) is 44.0 Å². The van der Waals surface area contributed by atoms with Crippen molar-refractivity contribution in [3.05, 3.63) is 59.2 Å². The van der Waals surface area contributed by atoms with E-state index in [1.54, 1.807) is 19.2 Å². The molecule has 0 aliphatic rings. The van der Waals surface area contributed by atoms with Gasteiger partial charge in [-0.2, -0.15) is 0 Å². The van der Waals surface area contributed by atoms with E-state index < -0.39 is 10.0 Å². The van der Waals surface area contributed by atoms with Crippen LogP contribution in [0.25, 0.3) is 0 Å². The molecule has 0 heterocycles. The summed E-state index contributed by atoms with van der Waals surface area (Å²) in [6, 6.07) is 12.7. The predicted molar refractivity (Wildman–Crippen MR) is 136 cm³/mol. The Hall–Kier alpha value is -1.85. The lowest BCUT2D eigenvalue weighted by molar-refractivity contribution is 0.303. The van der Waals surface area contributed by atoms with E-state index in [1.807, 2.05) is 13.0 Å². The maximum Gasteiger partial charge on any atom is 0.238 e. The molecule has 0 aliphatic carbocycles. The van der Waals surface area contributed by atoms with Gasteiger partial charge in [-0.15, -0.1) is 24.0 Å². The minimum Gasteiger partial charge on any atom is -0.493 e. The third-order valence-corrected chi connectivity index (χ3v) is 5.50. The molecule has 172 valence electrons. The number of hydrogen-bond donors (Lipinski definition) is 3. The Balaban J connectivity index is 0.00000480. The smallest absolute Gasteiger partial charge is 0.238 e. The molecule has 0 aromatic heterocycles. The van der Waals surface area contributed by atoms with Crippen LogP contribution in [0.5, 0.6) is 5.75 Å². The quantitative estimate of drug-likeness (QED) is 0.178. The van der Waals surface area contributed by atoms with E-state index in [1.165, 1.54) is 6.07 Å². The summed E-state index contributed by atoms with van der Waals surface area (Å²) >= 11 is 0. The van der Waals surface area contributed by atoms with Gasteiger partial charge in [0, 0.05) is 25.7 Å². The van der Waals surface area contributed by atoms with Crippen LogP contribution >= 0.6 is 24.0 Å². The number of guanidine groups is 1. The molecule has 0 saturated heterocycles. The zero-order chi connectivity index (χ0) is 22.0. The van der Waals surface area contributed by atoms with E-state index >= 15 is 0 Å². The number of nitrogens with zero attached hydrogens (tertiary/aromatic N) is 1. The van der Waals surface area contributed by atoms with Crippen LogP contribution in [0, 0.1) is 6.92 Å². The topological polar surface area (TPSA) is 106 Å². The lowest BCUT2D eigenvalue weighted by Gasteiger charge is -2.16. The Morgan fingerprint density at radius 3 is 2.52 bits per heavy atom. The molecule has 0 fully saturated rings. The Bertz CT molecular complexity index is 965. The minimum atomic E-state index is -3.72. The van der Waals surface area contributed by atoms with Crippen molar-refractivity contribution in [3.8, 4) is 5.75 Å². The zero-order valence-electron chi connectivity index (χ0n) is 18.3. The highest BCUT2D eigenvalue weighted by Crippen LogP contribution is 2.21. The summed E-state index contributed by atoms with van der Waals surface area (Å²) in [4.78, 5) is 4.33. The van der Waals surface area contributed by atoms with Crippen molar-refractivity contribution in [2.75, 3.05) is 13.7 Å². The monoisotopic (exact) mass is 560 g/mol. The van der Waals surface area contributed by atoms with Gasteiger partial charge in [0.2, 0.25) is 10.0 Å². The molecule has 0 radical (unpaired) electrons. The first kappa shape index (κ1) is 27.2. The van der Waals surface area contributed by atoms with Crippen LogP contribution in [-0.4, -0.2) is 28.0 Å². The summed E-state index contributed by atoms with van der Waals surface area (Å²) in [6.45, 7) is 5.90. The van der Waals surface area contributed by atoms with Gasteiger partial charge in [0.1, 0.15) is 5.75 Å². The molecule has 0 atom stereocenters. The van der Waals surface area contributed by atoms with Crippen molar-refractivity contribution < 1.29 is 13.2 Å². The van der Waals surface area contributed by atoms with Crippen molar-refractivity contribution >= 4 is 40.0 Å². The predicted octanol–water partition coefficient (Wildman–Crippen LogP) is 3.69. The number of halogens is 1. The molecule has 7 nitrogen and oxygen atoms in total. The Morgan fingerprint density at radius 2 is 1.84 bits per heavy atom. The van der Waals surface area contributed by atoms with E-state index in [-0.39, 0.29) is 28.9 Å². The first-order valence-corrected chi connectivity index (χ1v) is 11.7. The maximum atomic E-state index is 11.5. The summed E-state index contributed by atoms with van der Waals surface area (Å²) in [5, 5.41) is 11.7. The number of primary sulfonamides is 1. The fraction of sp³-hybridized carbons (Fsp3) is 0.409. The molecule has 0 spiro atoms. The summed E-state index contributed by atoms with van der Waals surface area (Å²) in [5.41, 5.74) is 3.00. The van der Waals surface area contributed by atoms with Gasteiger partial charge in [-0.25, -0.2) is 13.6 Å². The van der Waals surface area contributed by atoms with Crippen LogP contribution < -0.4 is 20.5 Å². The summed E-state index contributed by atoms with van der Waals surface area (Å²) in [7, 11) is -2.04. The van der Waals surface area contributed by atoms with Crippen molar-refractivity contribution in [2.24, 2.45) is 10.1 Å². The van der Waals surface area contributed by atoms with E-state index in [2.05, 4.69) is 40.7 Å². The Morgan fingerprint density at radius 1 is 1.10 bits per heavy atom. The lowest BCUT2D eigenvalue weighted by atomic mass is 10.1. The van der Waals surface area contributed by atoms with E-state index in [4.69, 9.17) is 9.88 Å². The van der Waals surface area contributed by atoms with Crippen molar-refractivity contribution in [1.82, 2.24) is 10.6 Å². The number of benzene rings is 2. The fourth-order valence-corrected chi connectivity index (χ4v) is 3.48. The number of rotatable bonds is 10. The van der Waals surface area contributed by atoms with Gasteiger partial charge in [0.15, 0.2) is 5.96 Å². The number of unbranched alkanes of at least 4 members (excludes halogenated alkanes) is 2. The van der Waals surface area contributed by atoms with Crippen LogP contribution in [0.1, 0.15) is 42.9 Å². The highest BCUT2D eigenvalue weighted by Gasteiger charge is 2.09. The fourth-order valence-electron chi connectivity index (χ4n) is 2.89. The largest absolute Gasteiger partial charge is 0.493 e. The van der Waals surface area contributed by atoms with Crippen LogP contribution in [0.2, 0.25) is 0 Å². The summed E-state index contributed by atoms with van der Waals surface area (Å²) < 4.78 is 29.0. The first-order chi connectivity index (χ1) is 14.3. The summed E-state index contributed by atoms with van der Waals surface area (Å²) in [6.07, 6.45) is 3.36. The van der Waals surface area contributed by atoms with Gasteiger partial charge < -0.3 is 15.4 Å². The molecule has 2 aromatic carbocycles. The Kier molecular flexibility index (Phi) is 11.9. The number of sulfonamides is 1. The van der Waals surface area contributed by atoms with Gasteiger partial charge in [0.25, 0.3) is 0 Å². The summed E-state index contributed by atoms with van der Waals surface area (Å²) in [5.74, 6) is 1.49. The average Bonchev–Trinajstić information content (AvgIpc) is 2.72. The molecule has 0 saturated carbocycles. The molecule has 4 N–H and O–H groups in total. The number of ether oxygens (including phenoxy) is 1. The molecule has 0 aliphatic heterocycles. The molecule has 0 unspecified atom stereocenters. The van der Waals surface area contributed by atoms with Gasteiger partial charge in [0.05, 0.1) is 11.5 Å². The van der Waals surface area contributed by atoms with Crippen molar-refractivity contribution in [2.45, 2.75) is 51.1 Å². The van der Waals surface area contributed by atoms with Gasteiger partial charge >= 0.3 is 0 Å². The molecule has 0 bridgehead atoms. The number of nitrogens with two attached hydrogens (primary N) is 1.